The van der Waals surface area contributed by atoms with Crippen molar-refractivity contribution in [2.75, 3.05) is 44.8 Å². The summed E-state index contributed by atoms with van der Waals surface area (Å²) < 4.78 is 16.0. The molecule has 3 amide bonds. The fourth-order valence-electron chi connectivity index (χ4n) is 3.85. The molecule has 2 N–H and O–H groups in total. The van der Waals surface area contributed by atoms with E-state index in [1.165, 1.54) is 11.1 Å². The van der Waals surface area contributed by atoms with E-state index in [9.17, 15) is 14.4 Å². The molecule has 1 saturated heterocycles. The number of rotatable bonds is 9. The number of methoxy groups -OCH3 is 1. The third-order valence-electron chi connectivity index (χ3n) is 5.86. The first-order valence-electron chi connectivity index (χ1n) is 12.1. The van der Waals surface area contributed by atoms with Gasteiger partial charge in [0.1, 0.15) is 17.3 Å². The number of amides is 3. The predicted molar refractivity (Wildman–Crippen MR) is 140 cm³/mol. The summed E-state index contributed by atoms with van der Waals surface area (Å²) in [5.74, 6) is 0.221. The lowest BCUT2D eigenvalue weighted by Gasteiger charge is -2.36. The van der Waals surface area contributed by atoms with E-state index in [0.29, 0.717) is 43.3 Å². The first kappa shape index (κ1) is 26.3. The number of ether oxygens (including phenoxy) is 2. The number of hydrogen-bond donors (Lipinski definition) is 2. The topological polar surface area (TPSA) is 126 Å². The maximum atomic E-state index is 12.5. The number of benzene rings is 2. The van der Waals surface area contributed by atoms with Gasteiger partial charge in [-0.05, 0) is 54.1 Å². The van der Waals surface area contributed by atoms with Crippen molar-refractivity contribution in [3.05, 3.63) is 78.3 Å². The van der Waals surface area contributed by atoms with Crippen LogP contribution in [-0.2, 0) is 20.9 Å². The van der Waals surface area contributed by atoms with Crippen LogP contribution in [0, 0.1) is 0 Å². The Bertz CT molecular complexity index is 1250. The molecule has 0 aliphatic carbocycles. The van der Waals surface area contributed by atoms with Crippen molar-refractivity contribution < 1.29 is 28.3 Å². The first-order valence-corrected chi connectivity index (χ1v) is 12.1. The summed E-state index contributed by atoms with van der Waals surface area (Å²) in [5.41, 5.74) is 3.92. The molecule has 1 aromatic heterocycles. The van der Waals surface area contributed by atoms with Crippen LogP contribution in [0.15, 0.2) is 76.4 Å². The van der Waals surface area contributed by atoms with Gasteiger partial charge in [-0.1, -0.05) is 12.1 Å². The van der Waals surface area contributed by atoms with Crippen molar-refractivity contribution in [2.24, 2.45) is 5.10 Å². The molecule has 2 heterocycles. The molecule has 198 valence electrons. The van der Waals surface area contributed by atoms with Crippen LogP contribution in [0.3, 0.4) is 0 Å². The van der Waals surface area contributed by atoms with E-state index >= 15 is 0 Å². The SMILES string of the molecule is COc1ccccc1N1CCN(C(=O)C(=O)N/N=C\c2ccc(OCC(=O)NCc3ccco3)cc2)CC1. The van der Waals surface area contributed by atoms with Crippen molar-refractivity contribution in [2.45, 2.75) is 6.54 Å². The summed E-state index contributed by atoms with van der Waals surface area (Å²) >= 11 is 0. The molecule has 0 saturated carbocycles. The van der Waals surface area contributed by atoms with Crippen LogP contribution in [0.5, 0.6) is 11.5 Å². The Hall–Kier alpha value is -4.80. The van der Waals surface area contributed by atoms with Crippen LogP contribution in [0.2, 0.25) is 0 Å². The molecule has 1 aliphatic heterocycles. The second kappa shape index (κ2) is 12.9. The van der Waals surface area contributed by atoms with E-state index in [0.717, 1.165) is 11.4 Å². The number of carbonyl (C=O) groups excluding carboxylic acids is 3. The second-order valence-corrected chi connectivity index (χ2v) is 8.36. The molecule has 11 nitrogen and oxygen atoms in total. The summed E-state index contributed by atoms with van der Waals surface area (Å²) in [6.07, 6.45) is 2.96. The summed E-state index contributed by atoms with van der Waals surface area (Å²) in [5, 5.41) is 6.58. The number of nitrogens with zero attached hydrogens (tertiary/aromatic N) is 3. The van der Waals surface area contributed by atoms with Gasteiger partial charge in [-0.25, -0.2) is 5.43 Å². The molecule has 0 unspecified atom stereocenters. The molecule has 3 aromatic rings. The summed E-state index contributed by atoms with van der Waals surface area (Å²) in [7, 11) is 1.62. The summed E-state index contributed by atoms with van der Waals surface area (Å²) in [6, 6.07) is 18.0. The molecular weight excluding hydrogens is 490 g/mol. The van der Waals surface area contributed by atoms with Crippen molar-refractivity contribution in [1.29, 1.82) is 0 Å². The number of anilines is 1. The van der Waals surface area contributed by atoms with Crippen LogP contribution in [0.1, 0.15) is 11.3 Å². The van der Waals surface area contributed by atoms with Crippen LogP contribution in [0.4, 0.5) is 5.69 Å². The van der Waals surface area contributed by atoms with Gasteiger partial charge in [0.05, 0.1) is 31.8 Å². The standard InChI is InChI=1S/C27H29N5O6/c1-36-24-7-3-2-6-23(24)31-12-14-32(15-13-31)27(35)26(34)30-29-17-20-8-10-21(11-9-20)38-19-25(33)28-18-22-5-4-16-37-22/h2-11,16-17H,12-15,18-19H2,1H3,(H,28,33)(H,30,34)/b29-17-. The average molecular weight is 520 g/mol. The van der Waals surface area contributed by atoms with Gasteiger partial charge in [-0.2, -0.15) is 5.10 Å². The smallest absolute Gasteiger partial charge is 0.329 e. The zero-order chi connectivity index (χ0) is 26.7. The molecule has 0 radical (unpaired) electrons. The van der Waals surface area contributed by atoms with E-state index in [1.807, 2.05) is 24.3 Å². The summed E-state index contributed by atoms with van der Waals surface area (Å²) in [6.45, 7) is 2.15. The van der Waals surface area contributed by atoms with E-state index in [-0.39, 0.29) is 19.1 Å². The Morgan fingerprint density at radius 3 is 2.47 bits per heavy atom. The van der Waals surface area contributed by atoms with Gasteiger partial charge in [0.15, 0.2) is 6.61 Å². The zero-order valence-electron chi connectivity index (χ0n) is 21.0. The Kier molecular flexibility index (Phi) is 8.95. The fraction of sp³-hybridized carbons (Fsp3) is 0.259. The van der Waals surface area contributed by atoms with Gasteiger partial charge in [-0.3, -0.25) is 14.4 Å². The van der Waals surface area contributed by atoms with Crippen molar-refractivity contribution in [1.82, 2.24) is 15.6 Å². The van der Waals surface area contributed by atoms with E-state index in [1.54, 1.807) is 49.8 Å². The minimum absolute atomic E-state index is 0.139. The molecule has 11 heteroatoms. The number of hydrazone groups is 1. The maximum Gasteiger partial charge on any atom is 0.329 e. The minimum atomic E-state index is -0.799. The van der Waals surface area contributed by atoms with Crippen molar-refractivity contribution in [3.8, 4) is 11.5 Å². The largest absolute Gasteiger partial charge is 0.495 e. The third-order valence-corrected chi connectivity index (χ3v) is 5.86. The lowest BCUT2D eigenvalue weighted by atomic mass is 10.2. The van der Waals surface area contributed by atoms with Crippen LogP contribution in [0.25, 0.3) is 0 Å². The van der Waals surface area contributed by atoms with Crippen LogP contribution >= 0.6 is 0 Å². The lowest BCUT2D eigenvalue weighted by molar-refractivity contribution is -0.146. The number of piperazine rings is 1. The normalized spacial score (nSPS) is 13.3. The number of para-hydroxylation sites is 2. The van der Waals surface area contributed by atoms with E-state index < -0.39 is 11.8 Å². The molecule has 38 heavy (non-hydrogen) atoms. The number of furan rings is 1. The van der Waals surface area contributed by atoms with Gasteiger partial charge in [0, 0.05) is 26.2 Å². The van der Waals surface area contributed by atoms with Gasteiger partial charge >= 0.3 is 11.8 Å². The highest BCUT2D eigenvalue weighted by Gasteiger charge is 2.26. The molecule has 0 bridgehead atoms. The molecule has 0 atom stereocenters. The van der Waals surface area contributed by atoms with E-state index in [2.05, 4.69) is 20.7 Å². The van der Waals surface area contributed by atoms with Gasteiger partial charge in [0.25, 0.3) is 5.91 Å². The van der Waals surface area contributed by atoms with Crippen molar-refractivity contribution in [3.63, 3.8) is 0 Å². The van der Waals surface area contributed by atoms with Crippen LogP contribution < -0.4 is 25.1 Å². The molecule has 1 fully saturated rings. The van der Waals surface area contributed by atoms with Crippen LogP contribution in [-0.4, -0.2) is 68.7 Å². The van der Waals surface area contributed by atoms with Gasteiger partial charge in [0.2, 0.25) is 0 Å². The zero-order valence-corrected chi connectivity index (χ0v) is 21.0. The average Bonchev–Trinajstić information content (AvgIpc) is 3.49. The quantitative estimate of drug-likeness (QED) is 0.251. The molecular formula is C27H29N5O6. The van der Waals surface area contributed by atoms with Gasteiger partial charge in [-0.15, -0.1) is 0 Å². The Morgan fingerprint density at radius 2 is 1.76 bits per heavy atom. The Morgan fingerprint density at radius 1 is 1.00 bits per heavy atom. The van der Waals surface area contributed by atoms with Gasteiger partial charge < -0.3 is 29.0 Å². The monoisotopic (exact) mass is 519 g/mol. The predicted octanol–water partition coefficient (Wildman–Crippen LogP) is 1.78. The maximum absolute atomic E-state index is 12.5. The Balaban J connectivity index is 1.17. The first-order chi connectivity index (χ1) is 18.5. The second-order valence-electron chi connectivity index (χ2n) is 8.36. The highest BCUT2D eigenvalue weighted by molar-refractivity contribution is 6.35. The minimum Gasteiger partial charge on any atom is -0.495 e. The molecule has 0 spiro atoms. The molecule has 4 rings (SSSR count). The lowest BCUT2D eigenvalue weighted by Crippen LogP contribution is -2.52. The Labute approximate surface area is 220 Å². The summed E-state index contributed by atoms with van der Waals surface area (Å²) in [4.78, 5) is 40.4. The fourth-order valence-corrected chi connectivity index (χ4v) is 3.85. The third kappa shape index (κ3) is 7.12. The van der Waals surface area contributed by atoms with Crippen molar-refractivity contribution >= 4 is 29.6 Å². The molecule has 1 aliphatic rings. The molecule has 2 aromatic carbocycles. The highest BCUT2D eigenvalue weighted by Crippen LogP contribution is 2.28. The highest BCUT2D eigenvalue weighted by atomic mass is 16.5. The number of nitrogens with one attached hydrogen (secondary N) is 2. The number of hydrogen-bond acceptors (Lipinski definition) is 8. The number of carbonyl (C=O) groups is 3. The van der Waals surface area contributed by atoms with E-state index in [4.69, 9.17) is 13.9 Å².